The fourth-order valence-electron chi connectivity index (χ4n) is 3.92. The van der Waals surface area contributed by atoms with Gasteiger partial charge in [-0.05, 0) is 25.0 Å². The normalized spacial score (nSPS) is 15.0. The molecule has 0 aliphatic carbocycles. The second-order valence-electron chi connectivity index (χ2n) is 9.40. The Morgan fingerprint density at radius 2 is 1.64 bits per heavy atom. The molecule has 1 aliphatic heterocycles. The Bertz CT molecular complexity index is 919. The van der Waals surface area contributed by atoms with Crippen LogP contribution in [-0.2, 0) is 9.59 Å². The van der Waals surface area contributed by atoms with Gasteiger partial charge < -0.3 is 14.7 Å². The van der Waals surface area contributed by atoms with Crippen LogP contribution >= 0.6 is 0 Å². The second-order valence-corrected chi connectivity index (χ2v) is 9.40. The van der Waals surface area contributed by atoms with Crippen molar-refractivity contribution in [3.05, 3.63) is 42.0 Å². The van der Waals surface area contributed by atoms with Gasteiger partial charge in [0, 0.05) is 44.2 Å². The molecule has 2 amide bonds. The molecule has 1 fully saturated rings. The maximum atomic E-state index is 13.0. The van der Waals surface area contributed by atoms with Gasteiger partial charge in [-0.2, -0.15) is 0 Å². The van der Waals surface area contributed by atoms with E-state index in [2.05, 4.69) is 60.1 Å². The highest BCUT2D eigenvalue weighted by Crippen LogP contribution is 2.20. The zero-order valence-electron chi connectivity index (χ0n) is 20.6. The summed E-state index contributed by atoms with van der Waals surface area (Å²) in [6.45, 7) is 13.5. The molecule has 1 saturated heterocycles. The van der Waals surface area contributed by atoms with Crippen molar-refractivity contribution in [3.8, 4) is 11.3 Å². The minimum Gasteiger partial charge on any atom is -0.352 e. The summed E-state index contributed by atoms with van der Waals surface area (Å²) in [4.78, 5) is 31.3. The Kier molecular flexibility index (Phi) is 8.42. The van der Waals surface area contributed by atoms with Gasteiger partial charge in [0.1, 0.15) is 0 Å². The van der Waals surface area contributed by atoms with E-state index in [-0.39, 0.29) is 24.3 Å². The highest BCUT2D eigenvalue weighted by Gasteiger charge is 2.27. The van der Waals surface area contributed by atoms with Gasteiger partial charge in [0.05, 0.1) is 12.2 Å². The van der Waals surface area contributed by atoms with Crippen molar-refractivity contribution in [2.45, 2.75) is 41.0 Å². The summed E-state index contributed by atoms with van der Waals surface area (Å²) >= 11 is 0. The number of benzene rings is 1. The molecule has 0 saturated carbocycles. The van der Waals surface area contributed by atoms with Gasteiger partial charge in [-0.1, -0.05) is 63.9 Å². The van der Waals surface area contributed by atoms with Gasteiger partial charge in [-0.15, -0.1) is 10.2 Å². The Balaban J connectivity index is 1.56. The van der Waals surface area contributed by atoms with Gasteiger partial charge in [-0.3, -0.25) is 9.59 Å². The number of aromatic nitrogens is 2. The van der Waals surface area contributed by atoms with E-state index in [4.69, 9.17) is 0 Å². The summed E-state index contributed by atoms with van der Waals surface area (Å²) in [5.41, 5.74) is 3.11. The van der Waals surface area contributed by atoms with Crippen molar-refractivity contribution in [1.82, 2.24) is 20.0 Å². The van der Waals surface area contributed by atoms with E-state index in [0.29, 0.717) is 38.6 Å². The summed E-state index contributed by atoms with van der Waals surface area (Å²) in [6, 6.07) is 12.2. The zero-order chi connectivity index (χ0) is 24.0. The van der Waals surface area contributed by atoms with Crippen molar-refractivity contribution < 1.29 is 9.59 Å². The standard InChI is InChI=1S/C26H37N5O2/c1-6-20(4)17-31(26(33)19(2)3)18-25(32)30-15-13-29(14-16-30)24-12-11-23(27-28-24)22-9-7-21(5)8-10-22/h7-12,19-20H,6,13-18H2,1-5H3/t20-/m0/s1. The number of aryl methyl sites for hydroxylation is 1. The molecule has 1 aliphatic rings. The number of amides is 2. The predicted octanol–water partition coefficient (Wildman–Crippen LogP) is 3.63. The molecule has 0 unspecified atom stereocenters. The monoisotopic (exact) mass is 451 g/mol. The van der Waals surface area contributed by atoms with Crippen LogP contribution in [0.3, 0.4) is 0 Å². The molecular weight excluding hydrogens is 414 g/mol. The predicted molar refractivity (Wildman–Crippen MR) is 132 cm³/mol. The maximum absolute atomic E-state index is 13.0. The van der Waals surface area contributed by atoms with Crippen LogP contribution in [-0.4, -0.2) is 71.1 Å². The number of nitrogens with zero attached hydrogens (tertiary/aromatic N) is 5. The van der Waals surface area contributed by atoms with Crippen LogP contribution in [0, 0.1) is 18.8 Å². The smallest absolute Gasteiger partial charge is 0.242 e. The largest absolute Gasteiger partial charge is 0.352 e. The average Bonchev–Trinajstić information content (AvgIpc) is 2.83. The summed E-state index contributed by atoms with van der Waals surface area (Å²) in [5, 5.41) is 8.83. The van der Waals surface area contributed by atoms with Crippen molar-refractivity contribution >= 4 is 17.6 Å². The second kappa shape index (κ2) is 11.3. The Morgan fingerprint density at radius 3 is 2.18 bits per heavy atom. The first-order valence-electron chi connectivity index (χ1n) is 12.0. The summed E-state index contributed by atoms with van der Waals surface area (Å²) in [7, 11) is 0. The topological polar surface area (TPSA) is 69.6 Å². The highest BCUT2D eigenvalue weighted by molar-refractivity contribution is 5.85. The lowest BCUT2D eigenvalue weighted by molar-refractivity contribution is -0.143. The van der Waals surface area contributed by atoms with Gasteiger partial charge in [0.25, 0.3) is 0 Å². The van der Waals surface area contributed by atoms with Gasteiger partial charge in [0.15, 0.2) is 5.82 Å². The van der Waals surface area contributed by atoms with Crippen LogP contribution < -0.4 is 4.90 Å². The lowest BCUT2D eigenvalue weighted by atomic mass is 10.1. The molecule has 2 heterocycles. The highest BCUT2D eigenvalue weighted by atomic mass is 16.2. The molecule has 0 radical (unpaired) electrons. The number of carbonyl (C=O) groups is 2. The summed E-state index contributed by atoms with van der Waals surface area (Å²) in [5.74, 6) is 1.16. The van der Waals surface area contributed by atoms with Gasteiger partial charge in [0.2, 0.25) is 11.8 Å². The van der Waals surface area contributed by atoms with E-state index < -0.39 is 0 Å². The summed E-state index contributed by atoms with van der Waals surface area (Å²) in [6.07, 6.45) is 0.985. The van der Waals surface area contributed by atoms with Crippen molar-refractivity contribution in [3.63, 3.8) is 0 Å². The lowest BCUT2D eigenvalue weighted by Gasteiger charge is -2.36. The number of hydrogen-bond acceptors (Lipinski definition) is 5. The quantitative estimate of drug-likeness (QED) is 0.613. The number of carbonyl (C=O) groups excluding carboxylic acids is 2. The first kappa shape index (κ1) is 24.7. The fourth-order valence-corrected chi connectivity index (χ4v) is 3.92. The first-order chi connectivity index (χ1) is 15.8. The van der Waals surface area contributed by atoms with E-state index in [1.807, 2.05) is 30.9 Å². The Hall–Kier alpha value is -2.96. The molecular formula is C26H37N5O2. The molecule has 178 valence electrons. The third-order valence-electron chi connectivity index (χ3n) is 6.31. The first-order valence-corrected chi connectivity index (χ1v) is 12.0. The molecule has 33 heavy (non-hydrogen) atoms. The van der Waals surface area contributed by atoms with Crippen LogP contribution in [0.25, 0.3) is 11.3 Å². The van der Waals surface area contributed by atoms with Crippen LogP contribution in [0.15, 0.2) is 36.4 Å². The van der Waals surface area contributed by atoms with Crippen LogP contribution in [0.1, 0.15) is 39.7 Å². The molecule has 7 nitrogen and oxygen atoms in total. The maximum Gasteiger partial charge on any atom is 0.242 e. The number of rotatable bonds is 8. The number of piperazine rings is 1. The SMILES string of the molecule is CC[C@H](C)CN(CC(=O)N1CCN(c2ccc(-c3ccc(C)cc3)nn2)CC1)C(=O)C(C)C. The third-order valence-corrected chi connectivity index (χ3v) is 6.31. The van der Waals surface area contributed by atoms with Crippen LogP contribution in [0.2, 0.25) is 0 Å². The number of hydrogen-bond donors (Lipinski definition) is 0. The van der Waals surface area contributed by atoms with E-state index in [1.165, 1.54) is 5.56 Å². The molecule has 1 aromatic carbocycles. The van der Waals surface area contributed by atoms with E-state index >= 15 is 0 Å². The number of anilines is 1. The van der Waals surface area contributed by atoms with E-state index in [9.17, 15) is 9.59 Å². The molecule has 0 spiro atoms. The van der Waals surface area contributed by atoms with Crippen LogP contribution in [0.5, 0.6) is 0 Å². The molecule has 1 aromatic heterocycles. The minimum absolute atomic E-state index is 0.0211. The van der Waals surface area contributed by atoms with Gasteiger partial charge in [-0.25, -0.2) is 0 Å². The molecule has 7 heteroatoms. The summed E-state index contributed by atoms with van der Waals surface area (Å²) < 4.78 is 0. The minimum atomic E-state index is -0.111. The fraction of sp³-hybridized carbons (Fsp3) is 0.538. The molecule has 0 bridgehead atoms. The van der Waals surface area contributed by atoms with Crippen LogP contribution in [0.4, 0.5) is 5.82 Å². The van der Waals surface area contributed by atoms with Gasteiger partial charge >= 0.3 is 0 Å². The molecule has 1 atom stereocenters. The van der Waals surface area contributed by atoms with Crippen molar-refractivity contribution in [2.75, 3.05) is 44.2 Å². The Morgan fingerprint density at radius 1 is 0.970 bits per heavy atom. The van der Waals surface area contributed by atoms with Crippen molar-refractivity contribution in [2.24, 2.45) is 11.8 Å². The lowest BCUT2D eigenvalue weighted by Crippen LogP contribution is -2.52. The molecule has 2 aromatic rings. The molecule has 3 rings (SSSR count). The van der Waals surface area contributed by atoms with E-state index in [0.717, 1.165) is 23.5 Å². The zero-order valence-corrected chi connectivity index (χ0v) is 20.6. The average molecular weight is 452 g/mol. The van der Waals surface area contributed by atoms with Crippen molar-refractivity contribution in [1.29, 1.82) is 0 Å². The van der Waals surface area contributed by atoms with E-state index in [1.54, 1.807) is 4.90 Å². The molecule has 0 N–H and O–H groups in total. The Labute approximate surface area is 197 Å². The third kappa shape index (κ3) is 6.53.